The number of amides is 1. The molecule has 0 bridgehead atoms. The molecule has 0 saturated heterocycles. The minimum atomic E-state index is -0.169. The van der Waals surface area contributed by atoms with Crippen molar-refractivity contribution in [3.05, 3.63) is 52.3 Å². The highest BCUT2D eigenvalue weighted by molar-refractivity contribution is 9.10. The van der Waals surface area contributed by atoms with Crippen molar-refractivity contribution in [1.82, 2.24) is 4.98 Å². The van der Waals surface area contributed by atoms with Crippen molar-refractivity contribution in [2.24, 2.45) is 0 Å². The van der Waals surface area contributed by atoms with E-state index in [2.05, 4.69) is 26.2 Å². The van der Waals surface area contributed by atoms with Gasteiger partial charge in [-0.3, -0.25) is 9.78 Å². The van der Waals surface area contributed by atoms with Crippen LogP contribution < -0.4 is 10.1 Å². The van der Waals surface area contributed by atoms with Gasteiger partial charge in [0.1, 0.15) is 5.75 Å². The number of benzene rings is 1. The van der Waals surface area contributed by atoms with E-state index in [9.17, 15) is 4.79 Å². The number of aromatic nitrogens is 1. The maximum Gasteiger partial charge on any atom is 0.255 e. The number of halogens is 1. The van der Waals surface area contributed by atoms with Crippen LogP contribution in [0.1, 0.15) is 15.9 Å². The third-order valence-corrected chi connectivity index (χ3v) is 3.30. The lowest BCUT2D eigenvalue weighted by atomic mass is 10.2. The first-order chi connectivity index (χ1) is 9.11. The van der Waals surface area contributed by atoms with E-state index in [1.807, 2.05) is 6.92 Å². The van der Waals surface area contributed by atoms with Crippen LogP contribution in [-0.4, -0.2) is 18.0 Å². The summed E-state index contributed by atoms with van der Waals surface area (Å²) in [5.41, 5.74) is 2.24. The first kappa shape index (κ1) is 13.5. The van der Waals surface area contributed by atoms with Gasteiger partial charge < -0.3 is 10.1 Å². The zero-order valence-electron chi connectivity index (χ0n) is 10.6. The molecule has 1 amide bonds. The number of methoxy groups -OCH3 is 1. The second-order valence-corrected chi connectivity index (χ2v) is 4.85. The molecule has 0 spiro atoms. The van der Waals surface area contributed by atoms with Gasteiger partial charge in [-0.25, -0.2) is 0 Å². The number of hydrogen-bond acceptors (Lipinski definition) is 3. The van der Waals surface area contributed by atoms with Crippen LogP contribution >= 0.6 is 15.9 Å². The van der Waals surface area contributed by atoms with Crippen LogP contribution in [0, 0.1) is 6.92 Å². The van der Waals surface area contributed by atoms with Crippen molar-refractivity contribution in [2.75, 3.05) is 12.4 Å². The van der Waals surface area contributed by atoms with E-state index in [0.717, 1.165) is 15.7 Å². The Bertz CT molecular complexity index is 614. The van der Waals surface area contributed by atoms with E-state index in [4.69, 9.17) is 4.74 Å². The third-order valence-electron chi connectivity index (χ3n) is 2.68. The molecule has 0 atom stereocenters. The Balaban J connectivity index is 2.21. The Hall–Kier alpha value is -1.88. The lowest BCUT2D eigenvalue weighted by molar-refractivity contribution is 0.102. The minimum absolute atomic E-state index is 0.169. The number of nitrogens with zero attached hydrogens (tertiary/aromatic N) is 1. The summed E-state index contributed by atoms with van der Waals surface area (Å²) in [6.07, 6.45) is 3.35. The molecular weight excluding hydrogens is 308 g/mol. The summed E-state index contributed by atoms with van der Waals surface area (Å²) in [5, 5.41) is 2.85. The van der Waals surface area contributed by atoms with E-state index < -0.39 is 0 Å². The van der Waals surface area contributed by atoms with Gasteiger partial charge in [-0.1, -0.05) is 0 Å². The van der Waals surface area contributed by atoms with Gasteiger partial charge >= 0.3 is 0 Å². The predicted molar refractivity (Wildman–Crippen MR) is 77.6 cm³/mol. The van der Waals surface area contributed by atoms with Crippen molar-refractivity contribution >= 4 is 27.5 Å². The summed E-state index contributed by atoms with van der Waals surface area (Å²) >= 11 is 3.36. The predicted octanol–water partition coefficient (Wildman–Crippen LogP) is 3.41. The van der Waals surface area contributed by atoms with Crippen molar-refractivity contribution in [3.8, 4) is 5.75 Å². The molecule has 1 aromatic heterocycles. The van der Waals surface area contributed by atoms with E-state index in [1.54, 1.807) is 43.8 Å². The van der Waals surface area contributed by atoms with Gasteiger partial charge in [0, 0.05) is 23.6 Å². The smallest absolute Gasteiger partial charge is 0.255 e. The molecule has 2 aromatic rings. The molecule has 0 aliphatic heterocycles. The molecule has 0 saturated carbocycles. The van der Waals surface area contributed by atoms with Crippen LogP contribution in [0.25, 0.3) is 0 Å². The summed E-state index contributed by atoms with van der Waals surface area (Å²) in [4.78, 5) is 16.1. The van der Waals surface area contributed by atoms with Crippen molar-refractivity contribution < 1.29 is 9.53 Å². The van der Waals surface area contributed by atoms with Gasteiger partial charge in [-0.2, -0.15) is 0 Å². The summed E-state index contributed by atoms with van der Waals surface area (Å²) in [6.45, 7) is 1.90. The van der Waals surface area contributed by atoms with Gasteiger partial charge in [0.05, 0.1) is 11.6 Å². The average Bonchev–Trinajstić information content (AvgIpc) is 2.41. The Kier molecular flexibility index (Phi) is 4.16. The maximum atomic E-state index is 12.1. The summed E-state index contributed by atoms with van der Waals surface area (Å²) < 4.78 is 5.87. The fourth-order valence-corrected chi connectivity index (χ4v) is 2.16. The standard InChI is InChI=1S/C14H13BrN2O2/c1-9-8-16-6-5-12(9)17-14(18)10-3-4-13(19-2)11(15)7-10/h3-8H,1-2H3,(H,16,17,18). The Morgan fingerprint density at radius 1 is 1.37 bits per heavy atom. The van der Waals surface area contributed by atoms with Gasteiger partial charge in [-0.05, 0) is 52.7 Å². The number of aryl methyl sites for hydroxylation is 1. The number of rotatable bonds is 3. The van der Waals surface area contributed by atoms with Gasteiger partial charge in [0.25, 0.3) is 5.91 Å². The van der Waals surface area contributed by atoms with Crippen molar-refractivity contribution in [2.45, 2.75) is 6.92 Å². The number of pyridine rings is 1. The second-order valence-electron chi connectivity index (χ2n) is 3.99. The molecule has 0 unspecified atom stereocenters. The monoisotopic (exact) mass is 320 g/mol. The fourth-order valence-electron chi connectivity index (χ4n) is 1.62. The highest BCUT2D eigenvalue weighted by Gasteiger charge is 2.10. The molecule has 0 aliphatic rings. The number of carbonyl (C=O) groups is 1. The van der Waals surface area contributed by atoms with Crippen LogP contribution in [0.2, 0.25) is 0 Å². The number of carbonyl (C=O) groups excluding carboxylic acids is 1. The molecule has 0 fully saturated rings. The maximum absolute atomic E-state index is 12.1. The molecule has 1 aromatic carbocycles. The summed E-state index contributed by atoms with van der Waals surface area (Å²) in [7, 11) is 1.58. The fraction of sp³-hybridized carbons (Fsp3) is 0.143. The van der Waals surface area contributed by atoms with Crippen LogP contribution in [0.4, 0.5) is 5.69 Å². The molecule has 0 radical (unpaired) electrons. The number of hydrogen-bond donors (Lipinski definition) is 1. The van der Waals surface area contributed by atoms with E-state index in [-0.39, 0.29) is 5.91 Å². The first-order valence-corrected chi connectivity index (χ1v) is 6.46. The van der Waals surface area contributed by atoms with Crippen LogP contribution in [0.3, 0.4) is 0 Å². The molecule has 4 nitrogen and oxygen atoms in total. The number of ether oxygens (including phenoxy) is 1. The first-order valence-electron chi connectivity index (χ1n) is 5.67. The molecule has 5 heteroatoms. The third kappa shape index (κ3) is 3.12. The Morgan fingerprint density at radius 3 is 2.79 bits per heavy atom. The highest BCUT2D eigenvalue weighted by atomic mass is 79.9. The molecule has 2 rings (SSSR count). The quantitative estimate of drug-likeness (QED) is 0.942. The average molecular weight is 321 g/mol. The van der Waals surface area contributed by atoms with Crippen molar-refractivity contribution in [1.29, 1.82) is 0 Å². The minimum Gasteiger partial charge on any atom is -0.496 e. The largest absolute Gasteiger partial charge is 0.496 e. The molecule has 0 aliphatic carbocycles. The highest BCUT2D eigenvalue weighted by Crippen LogP contribution is 2.26. The second kappa shape index (κ2) is 5.84. The summed E-state index contributed by atoms with van der Waals surface area (Å²) in [5.74, 6) is 0.522. The van der Waals surface area contributed by atoms with E-state index in [0.29, 0.717) is 11.3 Å². The lowest BCUT2D eigenvalue weighted by Gasteiger charge is -2.09. The molecule has 98 valence electrons. The van der Waals surface area contributed by atoms with Crippen LogP contribution in [-0.2, 0) is 0 Å². The van der Waals surface area contributed by atoms with Crippen LogP contribution in [0.15, 0.2) is 41.1 Å². The normalized spacial score (nSPS) is 10.1. The zero-order chi connectivity index (χ0) is 13.8. The molecule has 1 N–H and O–H groups in total. The summed E-state index contributed by atoms with van der Waals surface area (Å²) in [6, 6.07) is 6.96. The van der Waals surface area contributed by atoms with Gasteiger partial charge in [-0.15, -0.1) is 0 Å². The number of nitrogens with one attached hydrogen (secondary N) is 1. The van der Waals surface area contributed by atoms with Gasteiger partial charge in [0.15, 0.2) is 0 Å². The molecular formula is C14H13BrN2O2. The van der Waals surface area contributed by atoms with Crippen molar-refractivity contribution in [3.63, 3.8) is 0 Å². The number of anilines is 1. The van der Waals surface area contributed by atoms with Gasteiger partial charge in [0.2, 0.25) is 0 Å². The lowest BCUT2D eigenvalue weighted by Crippen LogP contribution is -2.12. The zero-order valence-corrected chi connectivity index (χ0v) is 12.2. The molecule has 1 heterocycles. The van der Waals surface area contributed by atoms with E-state index >= 15 is 0 Å². The molecule has 19 heavy (non-hydrogen) atoms. The SMILES string of the molecule is COc1ccc(C(=O)Nc2ccncc2C)cc1Br. The Morgan fingerprint density at radius 2 is 2.16 bits per heavy atom. The van der Waals surface area contributed by atoms with Crippen LogP contribution in [0.5, 0.6) is 5.75 Å². The topological polar surface area (TPSA) is 51.2 Å². The Labute approximate surface area is 119 Å². The van der Waals surface area contributed by atoms with E-state index in [1.165, 1.54) is 0 Å².